The maximum absolute atomic E-state index is 13.4. The largest absolute Gasteiger partial charge is 0.493 e. The lowest BCUT2D eigenvalue weighted by Gasteiger charge is -2.12. The van der Waals surface area contributed by atoms with E-state index in [1.165, 1.54) is 19.2 Å². The average Bonchev–Trinajstić information content (AvgIpc) is 2.88. The SMILES string of the molecule is COc1cc(F)c(N)cc1OCc1cccc2oc(C)nc12. The van der Waals surface area contributed by atoms with Crippen LogP contribution in [0.4, 0.5) is 10.1 Å². The second-order valence-electron chi connectivity index (χ2n) is 4.81. The predicted molar refractivity (Wildman–Crippen MR) is 80.4 cm³/mol. The van der Waals surface area contributed by atoms with Gasteiger partial charge in [0.05, 0.1) is 12.8 Å². The predicted octanol–water partition coefficient (Wildman–Crippen LogP) is 3.45. The van der Waals surface area contributed by atoms with Gasteiger partial charge < -0.3 is 19.6 Å². The van der Waals surface area contributed by atoms with E-state index in [1.807, 2.05) is 18.2 Å². The van der Waals surface area contributed by atoms with Crippen LogP contribution >= 0.6 is 0 Å². The molecule has 2 N–H and O–H groups in total. The van der Waals surface area contributed by atoms with Gasteiger partial charge in [0.2, 0.25) is 0 Å². The summed E-state index contributed by atoms with van der Waals surface area (Å²) in [7, 11) is 1.44. The Kier molecular flexibility index (Phi) is 3.58. The van der Waals surface area contributed by atoms with E-state index in [-0.39, 0.29) is 18.0 Å². The van der Waals surface area contributed by atoms with Gasteiger partial charge in [-0.15, -0.1) is 0 Å². The zero-order valence-electron chi connectivity index (χ0n) is 12.2. The number of nitrogen functional groups attached to an aromatic ring is 1. The first-order valence-electron chi connectivity index (χ1n) is 6.69. The highest BCUT2D eigenvalue weighted by molar-refractivity contribution is 5.76. The smallest absolute Gasteiger partial charge is 0.192 e. The molecule has 0 bridgehead atoms. The van der Waals surface area contributed by atoms with Crippen molar-refractivity contribution >= 4 is 16.8 Å². The first-order chi connectivity index (χ1) is 10.6. The lowest BCUT2D eigenvalue weighted by atomic mass is 10.2. The van der Waals surface area contributed by atoms with E-state index in [9.17, 15) is 4.39 Å². The number of nitrogens with two attached hydrogens (primary N) is 1. The molecule has 0 aliphatic carbocycles. The van der Waals surface area contributed by atoms with Crippen LogP contribution in [-0.4, -0.2) is 12.1 Å². The van der Waals surface area contributed by atoms with E-state index in [4.69, 9.17) is 19.6 Å². The molecule has 5 nitrogen and oxygen atoms in total. The highest BCUT2D eigenvalue weighted by Crippen LogP contribution is 2.32. The Morgan fingerprint density at radius 2 is 2.09 bits per heavy atom. The van der Waals surface area contributed by atoms with Crippen LogP contribution in [0.25, 0.3) is 11.1 Å². The molecule has 0 spiro atoms. The lowest BCUT2D eigenvalue weighted by molar-refractivity contribution is 0.284. The minimum Gasteiger partial charge on any atom is -0.493 e. The zero-order chi connectivity index (χ0) is 15.7. The number of oxazole rings is 1. The number of aromatic nitrogens is 1. The number of nitrogens with zero attached hydrogens (tertiary/aromatic N) is 1. The molecule has 0 radical (unpaired) electrons. The van der Waals surface area contributed by atoms with E-state index in [2.05, 4.69) is 4.98 Å². The van der Waals surface area contributed by atoms with Crippen molar-refractivity contribution in [2.45, 2.75) is 13.5 Å². The summed E-state index contributed by atoms with van der Waals surface area (Å²) in [6.45, 7) is 2.03. The van der Waals surface area contributed by atoms with Crippen molar-refractivity contribution in [2.75, 3.05) is 12.8 Å². The number of para-hydroxylation sites is 1. The van der Waals surface area contributed by atoms with Crippen molar-refractivity contribution in [1.29, 1.82) is 0 Å². The van der Waals surface area contributed by atoms with Gasteiger partial charge in [-0.25, -0.2) is 9.37 Å². The molecule has 0 aliphatic heterocycles. The van der Waals surface area contributed by atoms with E-state index in [0.717, 1.165) is 11.1 Å². The van der Waals surface area contributed by atoms with Crippen molar-refractivity contribution in [2.24, 2.45) is 0 Å². The van der Waals surface area contributed by atoms with Crippen LogP contribution in [0.5, 0.6) is 11.5 Å². The van der Waals surface area contributed by atoms with Crippen molar-refractivity contribution in [3.63, 3.8) is 0 Å². The minimum atomic E-state index is -0.543. The maximum atomic E-state index is 13.4. The van der Waals surface area contributed by atoms with E-state index < -0.39 is 5.82 Å². The normalized spacial score (nSPS) is 10.9. The molecule has 2 aromatic carbocycles. The topological polar surface area (TPSA) is 70.5 Å². The number of hydrogen-bond acceptors (Lipinski definition) is 5. The van der Waals surface area contributed by atoms with Gasteiger partial charge in [-0.1, -0.05) is 12.1 Å². The summed E-state index contributed by atoms with van der Waals surface area (Å²) in [4.78, 5) is 4.34. The zero-order valence-corrected chi connectivity index (χ0v) is 12.2. The number of halogens is 1. The Balaban J connectivity index is 1.89. The van der Waals surface area contributed by atoms with Crippen LogP contribution in [0.3, 0.4) is 0 Å². The highest BCUT2D eigenvalue weighted by atomic mass is 19.1. The lowest BCUT2D eigenvalue weighted by Crippen LogP contribution is -2.01. The average molecular weight is 302 g/mol. The second-order valence-corrected chi connectivity index (χ2v) is 4.81. The summed E-state index contributed by atoms with van der Waals surface area (Å²) in [6, 6.07) is 8.20. The van der Waals surface area contributed by atoms with Crippen molar-refractivity contribution in [3.8, 4) is 11.5 Å². The van der Waals surface area contributed by atoms with Crippen molar-refractivity contribution in [3.05, 3.63) is 47.6 Å². The van der Waals surface area contributed by atoms with Gasteiger partial charge in [-0.3, -0.25) is 0 Å². The molecule has 1 heterocycles. The molecule has 114 valence electrons. The van der Waals surface area contributed by atoms with Crippen LogP contribution in [0.1, 0.15) is 11.5 Å². The number of aryl methyl sites for hydroxylation is 1. The number of fused-ring (bicyclic) bond motifs is 1. The molecule has 22 heavy (non-hydrogen) atoms. The fourth-order valence-corrected chi connectivity index (χ4v) is 2.21. The number of ether oxygens (including phenoxy) is 2. The van der Waals surface area contributed by atoms with Gasteiger partial charge >= 0.3 is 0 Å². The van der Waals surface area contributed by atoms with Crippen molar-refractivity contribution < 1.29 is 18.3 Å². The molecule has 0 fully saturated rings. The van der Waals surface area contributed by atoms with Crippen LogP contribution < -0.4 is 15.2 Å². The first kappa shape index (κ1) is 14.2. The standard InChI is InChI=1S/C16H15FN2O3/c1-9-19-16-10(4-3-5-13(16)22-9)8-21-15-7-12(18)11(17)6-14(15)20-2/h3-7H,8,18H2,1-2H3. The number of methoxy groups -OCH3 is 1. The Labute approximate surface area is 126 Å². The van der Waals surface area contributed by atoms with E-state index in [0.29, 0.717) is 17.2 Å². The monoisotopic (exact) mass is 302 g/mol. The molecule has 0 aliphatic rings. The second kappa shape index (κ2) is 5.55. The van der Waals surface area contributed by atoms with Gasteiger partial charge in [-0.2, -0.15) is 0 Å². The first-order valence-corrected chi connectivity index (χ1v) is 6.69. The summed E-state index contributed by atoms with van der Waals surface area (Å²) in [6.07, 6.45) is 0. The Hall–Kier alpha value is -2.76. The fraction of sp³-hybridized carbons (Fsp3) is 0.188. The molecule has 0 saturated heterocycles. The molecule has 0 unspecified atom stereocenters. The quantitative estimate of drug-likeness (QED) is 0.747. The van der Waals surface area contributed by atoms with Crippen LogP contribution in [0.15, 0.2) is 34.7 Å². The van der Waals surface area contributed by atoms with E-state index in [1.54, 1.807) is 6.92 Å². The molecule has 0 saturated carbocycles. The summed E-state index contributed by atoms with van der Waals surface area (Å²) >= 11 is 0. The molecule has 0 atom stereocenters. The third-order valence-electron chi connectivity index (χ3n) is 3.28. The van der Waals surface area contributed by atoms with Gasteiger partial charge in [0.15, 0.2) is 23.0 Å². The Bertz CT molecular complexity index is 830. The third-order valence-corrected chi connectivity index (χ3v) is 3.28. The Morgan fingerprint density at radius 3 is 2.86 bits per heavy atom. The van der Waals surface area contributed by atoms with Gasteiger partial charge in [0, 0.05) is 24.6 Å². The third kappa shape index (κ3) is 2.55. The summed E-state index contributed by atoms with van der Waals surface area (Å²) in [5.41, 5.74) is 7.88. The van der Waals surface area contributed by atoms with Crippen LogP contribution in [0.2, 0.25) is 0 Å². The molecule has 6 heteroatoms. The highest BCUT2D eigenvalue weighted by Gasteiger charge is 2.12. The molecule has 1 aromatic heterocycles. The fourth-order valence-electron chi connectivity index (χ4n) is 2.21. The summed E-state index contributed by atoms with van der Waals surface area (Å²) in [5, 5.41) is 0. The number of benzene rings is 2. The number of hydrogen-bond donors (Lipinski definition) is 1. The molecule has 3 aromatic rings. The van der Waals surface area contributed by atoms with Crippen LogP contribution in [-0.2, 0) is 6.61 Å². The van der Waals surface area contributed by atoms with Gasteiger partial charge in [0.1, 0.15) is 17.9 Å². The summed E-state index contributed by atoms with van der Waals surface area (Å²) < 4.78 is 29.7. The van der Waals surface area contributed by atoms with Crippen LogP contribution in [0, 0.1) is 12.7 Å². The number of anilines is 1. The van der Waals surface area contributed by atoms with Gasteiger partial charge in [-0.05, 0) is 6.07 Å². The molecule has 3 rings (SSSR count). The molecule has 0 amide bonds. The molecular formula is C16H15FN2O3. The minimum absolute atomic E-state index is 0.00582. The maximum Gasteiger partial charge on any atom is 0.192 e. The summed E-state index contributed by atoms with van der Waals surface area (Å²) in [5.74, 6) is 0.707. The molecular weight excluding hydrogens is 287 g/mol. The Morgan fingerprint density at radius 1 is 1.27 bits per heavy atom. The van der Waals surface area contributed by atoms with Gasteiger partial charge in [0.25, 0.3) is 0 Å². The number of rotatable bonds is 4. The van der Waals surface area contributed by atoms with E-state index >= 15 is 0 Å². The van der Waals surface area contributed by atoms with Crippen molar-refractivity contribution in [1.82, 2.24) is 4.98 Å².